The zero-order valence-electron chi connectivity index (χ0n) is 8.49. The smallest absolute Gasteiger partial charge is 0.228 e. The molecule has 0 aromatic rings. The van der Waals surface area contributed by atoms with Gasteiger partial charge >= 0.3 is 0 Å². The van der Waals surface area contributed by atoms with Gasteiger partial charge in [0.2, 0.25) is 5.91 Å². The molecule has 1 N–H and O–H groups in total. The Morgan fingerprint density at radius 1 is 1.46 bits per heavy atom. The molecule has 1 rings (SSSR count). The van der Waals surface area contributed by atoms with Gasteiger partial charge < -0.3 is 10.0 Å². The SMILES string of the molecule is CC[C@H](O)[C@@H](C)C(=O)N1CCCC1. The first-order chi connectivity index (χ1) is 6.16. The predicted molar refractivity (Wildman–Crippen MR) is 51.3 cm³/mol. The lowest BCUT2D eigenvalue weighted by Crippen LogP contribution is -2.37. The summed E-state index contributed by atoms with van der Waals surface area (Å²) < 4.78 is 0. The number of hydrogen-bond donors (Lipinski definition) is 1. The van der Waals surface area contributed by atoms with Gasteiger partial charge in [0.25, 0.3) is 0 Å². The summed E-state index contributed by atoms with van der Waals surface area (Å²) >= 11 is 0. The molecule has 0 radical (unpaired) electrons. The minimum absolute atomic E-state index is 0.117. The summed E-state index contributed by atoms with van der Waals surface area (Å²) in [6.45, 7) is 5.46. The standard InChI is InChI=1S/C10H19NO2/c1-3-9(12)8(2)10(13)11-6-4-5-7-11/h8-9,12H,3-7H2,1-2H3/t8-,9+/m1/s1. The van der Waals surface area contributed by atoms with Gasteiger partial charge in [0.15, 0.2) is 0 Å². The minimum Gasteiger partial charge on any atom is -0.392 e. The molecule has 13 heavy (non-hydrogen) atoms. The van der Waals surface area contributed by atoms with Crippen molar-refractivity contribution in [1.82, 2.24) is 4.90 Å². The van der Waals surface area contributed by atoms with Gasteiger partial charge in [0.1, 0.15) is 0 Å². The summed E-state index contributed by atoms with van der Waals surface area (Å²) in [5.41, 5.74) is 0. The Morgan fingerprint density at radius 3 is 2.46 bits per heavy atom. The number of likely N-dealkylation sites (tertiary alicyclic amines) is 1. The summed E-state index contributed by atoms with van der Waals surface area (Å²) in [5, 5.41) is 9.51. The third-order valence-electron chi connectivity index (χ3n) is 2.80. The van der Waals surface area contributed by atoms with E-state index in [9.17, 15) is 9.90 Å². The number of carbonyl (C=O) groups is 1. The lowest BCUT2D eigenvalue weighted by Gasteiger charge is -2.23. The largest absolute Gasteiger partial charge is 0.392 e. The Hall–Kier alpha value is -0.570. The molecule has 1 amide bonds. The third kappa shape index (κ3) is 2.44. The van der Waals surface area contributed by atoms with Crippen molar-refractivity contribution < 1.29 is 9.90 Å². The van der Waals surface area contributed by atoms with Crippen LogP contribution < -0.4 is 0 Å². The molecule has 76 valence electrons. The van der Waals surface area contributed by atoms with Crippen molar-refractivity contribution in [1.29, 1.82) is 0 Å². The number of carbonyl (C=O) groups excluding carboxylic acids is 1. The molecule has 0 aromatic carbocycles. The van der Waals surface area contributed by atoms with E-state index in [0.717, 1.165) is 25.9 Å². The topological polar surface area (TPSA) is 40.5 Å². The first-order valence-corrected chi connectivity index (χ1v) is 5.13. The van der Waals surface area contributed by atoms with Crippen molar-refractivity contribution >= 4 is 5.91 Å². The molecule has 0 spiro atoms. The van der Waals surface area contributed by atoms with E-state index in [1.807, 2.05) is 18.7 Å². The molecule has 1 saturated heterocycles. The number of aliphatic hydroxyl groups excluding tert-OH is 1. The molecule has 0 saturated carbocycles. The molecule has 0 unspecified atom stereocenters. The average Bonchev–Trinajstić information content (AvgIpc) is 2.67. The summed E-state index contributed by atoms with van der Waals surface area (Å²) in [7, 11) is 0. The van der Waals surface area contributed by atoms with Gasteiger partial charge in [-0.25, -0.2) is 0 Å². The molecule has 1 aliphatic heterocycles. The van der Waals surface area contributed by atoms with E-state index in [1.165, 1.54) is 0 Å². The highest BCUT2D eigenvalue weighted by Gasteiger charge is 2.26. The van der Waals surface area contributed by atoms with E-state index in [0.29, 0.717) is 6.42 Å². The van der Waals surface area contributed by atoms with Crippen molar-refractivity contribution in [3.05, 3.63) is 0 Å². The summed E-state index contributed by atoms with van der Waals surface area (Å²) in [6, 6.07) is 0. The highest BCUT2D eigenvalue weighted by Crippen LogP contribution is 2.15. The molecule has 0 aromatic heterocycles. The maximum Gasteiger partial charge on any atom is 0.228 e. The van der Waals surface area contributed by atoms with Gasteiger partial charge in [-0.3, -0.25) is 4.79 Å². The van der Waals surface area contributed by atoms with Gasteiger partial charge in [0, 0.05) is 13.1 Å². The molecule has 1 aliphatic rings. The second kappa shape index (κ2) is 4.61. The molecule has 0 aliphatic carbocycles. The van der Waals surface area contributed by atoms with E-state index in [-0.39, 0.29) is 11.8 Å². The van der Waals surface area contributed by atoms with Crippen LogP contribution in [0.1, 0.15) is 33.1 Å². The van der Waals surface area contributed by atoms with E-state index >= 15 is 0 Å². The zero-order chi connectivity index (χ0) is 9.84. The quantitative estimate of drug-likeness (QED) is 0.713. The zero-order valence-corrected chi connectivity index (χ0v) is 8.49. The molecular weight excluding hydrogens is 166 g/mol. The number of hydrogen-bond acceptors (Lipinski definition) is 2. The van der Waals surface area contributed by atoms with E-state index in [4.69, 9.17) is 0 Å². The van der Waals surface area contributed by atoms with Crippen molar-refractivity contribution in [2.24, 2.45) is 5.92 Å². The Bertz CT molecular complexity index is 176. The van der Waals surface area contributed by atoms with Crippen LogP contribution >= 0.6 is 0 Å². The highest BCUT2D eigenvalue weighted by atomic mass is 16.3. The Labute approximate surface area is 79.7 Å². The highest BCUT2D eigenvalue weighted by molar-refractivity contribution is 5.79. The van der Waals surface area contributed by atoms with Crippen LogP contribution in [0.25, 0.3) is 0 Å². The molecule has 3 heteroatoms. The second-order valence-electron chi connectivity index (χ2n) is 3.80. The Balaban J connectivity index is 2.45. The Kier molecular flexibility index (Phi) is 3.72. The van der Waals surface area contributed by atoms with Crippen LogP contribution in [0.4, 0.5) is 0 Å². The fourth-order valence-electron chi connectivity index (χ4n) is 1.74. The number of rotatable bonds is 3. The molecule has 0 bridgehead atoms. The van der Waals surface area contributed by atoms with Crippen molar-refractivity contribution in [2.75, 3.05) is 13.1 Å². The molecule has 1 heterocycles. The normalized spacial score (nSPS) is 21.6. The third-order valence-corrected chi connectivity index (χ3v) is 2.80. The summed E-state index contributed by atoms with van der Waals surface area (Å²) in [6.07, 6.45) is 2.40. The maximum atomic E-state index is 11.7. The lowest BCUT2D eigenvalue weighted by molar-refractivity contribution is -0.137. The van der Waals surface area contributed by atoms with Crippen molar-refractivity contribution in [3.8, 4) is 0 Å². The van der Waals surface area contributed by atoms with Gasteiger partial charge in [0.05, 0.1) is 12.0 Å². The summed E-state index contributed by atoms with van der Waals surface area (Å²) in [5.74, 6) is -0.116. The van der Waals surface area contributed by atoms with Gasteiger partial charge in [-0.2, -0.15) is 0 Å². The number of amides is 1. The van der Waals surface area contributed by atoms with Gasteiger partial charge in [-0.05, 0) is 19.3 Å². The molecule has 2 atom stereocenters. The average molecular weight is 185 g/mol. The van der Waals surface area contributed by atoms with Gasteiger partial charge in [-0.1, -0.05) is 13.8 Å². The van der Waals surface area contributed by atoms with Crippen LogP contribution in [0.2, 0.25) is 0 Å². The van der Waals surface area contributed by atoms with E-state index in [2.05, 4.69) is 0 Å². The van der Waals surface area contributed by atoms with Crippen LogP contribution in [-0.4, -0.2) is 35.1 Å². The van der Waals surface area contributed by atoms with E-state index in [1.54, 1.807) is 0 Å². The first-order valence-electron chi connectivity index (χ1n) is 5.13. The summed E-state index contributed by atoms with van der Waals surface area (Å²) in [4.78, 5) is 13.6. The van der Waals surface area contributed by atoms with Crippen molar-refractivity contribution in [2.45, 2.75) is 39.2 Å². The minimum atomic E-state index is -0.479. The van der Waals surface area contributed by atoms with Crippen LogP contribution in [0.5, 0.6) is 0 Å². The van der Waals surface area contributed by atoms with Crippen LogP contribution in [0.15, 0.2) is 0 Å². The van der Waals surface area contributed by atoms with Gasteiger partial charge in [-0.15, -0.1) is 0 Å². The fraction of sp³-hybridized carbons (Fsp3) is 0.900. The maximum absolute atomic E-state index is 11.7. The van der Waals surface area contributed by atoms with Crippen LogP contribution in [0, 0.1) is 5.92 Å². The monoisotopic (exact) mass is 185 g/mol. The van der Waals surface area contributed by atoms with Crippen molar-refractivity contribution in [3.63, 3.8) is 0 Å². The van der Waals surface area contributed by atoms with Crippen LogP contribution in [0.3, 0.4) is 0 Å². The molecular formula is C10H19NO2. The number of nitrogens with zero attached hydrogens (tertiary/aromatic N) is 1. The lowest BCUT2D eigenvalue weighted by atomic mass is 10.0. The first kappa shape index (κ1) is 10.5. The second-order valence-corrected chi connectivity index (χ2v) is 3.80. The Morgan fingerprint density at radius 2 is 2.00 bits per heavy atom. The predicted octanol–water partition coefficient (Wildman–Crippen LogP) is 1.02. The van der Waals surface area contributed by atoms with Crippen LogP contribution in [-0.2, 0) is 4.79 Å². The number of aliphatic hydroxyl groups is 1. The molecule has 3 nitrogen and oxygen atoms in total. The molecule has 1 fully saturated rings. The van der Waals surface area contributed by atoms with E-state index < -0.39 is 6.10 Å². The fourth-order valence-corrected chi connectivity index (χ4v) is 1.74.